The number of carbonyl (C=O) groups excluding carboxylic acids is 1. The summed E-state index contributed by atoms with van der Waals surface area (Å²) in [4.78, 5) is 15.3. The number of fused-ring (bicyclic) bond motifs is 3. The van der Waals surface area contributed by atoms with Gasteiger partial charge in [0, 0.05) is 23.9 Å². The van der Waals surface area contributed by atoms with Gasteiger partial charge in [0.05, 0.1) is 11.4 Å². The topological polar surface area (TPSA) is 45.1 Å². The number of hydrogen-bond donors (Lipinski definition) is 0. The Balaban J connectivity index is 1.30. The minimum atomic E-state index is -0.268. The predicted octanol–water partition coefficient (Wildman–Crippen LogP) is 4.78. The molecule has 2 atom stereocenters. The molecule has 0 spiro atoms. The first-order valence-corrected chi connectivity index (χ1v) is 11.8. The number of rotatable bonds is 5. The highest BCUT2D eigenvalue weighted by atomic mass is 19.1. The van der Waals surface area contributed by atoms with E-state index < -0.39 is 0 Å². The minimum Gasteiger partial charge on any atom is -0.492 e. The lowest BCUT2D eigenvalue weighted by molar-refractivity contribution is -0.119. The first-order chi connectivity index (χ1) is 15.6. The van der Waals surface area contributed by atoms with Gasteiger partial charge < -0.3 is 4.74 Å². The summed E-state index contributed by atoms with van der Waals surface area (Å²) in [6.45, 7) is 5.15. The summed E-state index contributed by atoms with van der Waals surface area (Å²) < 4.78 is 19.9. The van der Waals surface area contributed by atoms with Crippen LogP contribution < -0.4 is 9.75 Å². The summed E-state index contributed by atoms with van der Waals surface area (Å²) in [6.07, 6.45) is 5.99. The minimum absolute atomic E-state index is 0.0222. The largest absolute Gasteiger partial charge is 0.492 e. The SMILES string of the molecule is CC(COc1ccc(N2N=C3c4cc(F)ccc4CCC3CC2=O)cc1)N1CCCCC1. The van der Waals surface area contributed by atoms with Crippen molar-refractivity contribution in [3.8, 4) is 5.75 Å². The smallest absolute Gasteiger partial charge is 0.248 e. The van der Waals surface area contributed by atoms with Gasteiger partial charge in [-0.1, -0.05) is 12.5 Å². The van der Waals surface area contributed by atoms with Crippen LogP contribution in [0.3, 0.4) is 0 Å². The molecule has 1 amide bonds. The van der Waals surface area contributed by atoms with Crippen LogP contribution in [0.4, 0.5) is 10.1 Å². The summed E-state index contributed by atoms with van der Waals surface area (Å²) in [5.74, 6) is 0.562. The summed E-state index contributed by atoms with van der Waals surface area (Å²) in [5.41, 5.74) is 3.47. The number of hydrogen-bond acceptors (Lipinski definition) is 4. The van der Waals surface area contributed by atoms with Crippen molar-refractivity contribution >= 4 is 17.3 Å². The van der Waals surface area contributed by atoms with Crippen LogP contribution >= 0.6 is 0 Å². The fraction of sp³-hybridized carbons (Fsp3) is 0.462. The molecule has 168 valence electrons. The van der Waals surface area contributed by atoms with Crippen molar-refractivity contribution in [2.75, 3.05) is 24.7 Å². The second kappa shape index (κ2) is 9.02. The van der Waals surface area contributed by atoms with Gasteiger partial charge in [0.15, 0.2) is 0 Å². The molecule has 0 saturated carbocycles. The zero-order valence-corrected chi connectivity index (χ0v) is 18.6. The lowest BCUT2D eigenvalue weighted by Crippen LogP contribution is -2.40. The van der Waals surface area contributed by atoms with Crippen molar-refractivity contribution in [2.24, 2.45) is 11.0 Å². The number of aryl methyl sites for hydroxylation is 1. The molecule has 0 N–H and O–H groups in total. The third-order valence-corrected chi connectivity index (χ3v) is 6.95. The zero-order chi connectivity index (χ0) is 22.1. The number of likely N-dealkylation sites (tertiary alicyclic amines) is 1. The number of ether oxygens (including phenoxy) is 1. The van der Waals surface area contributed by atoms with Crippen molar-refractivity contribution in [3.05, 3.63) is 59.4 Å². The van der Waals surface area contributed by atoms with Crippen LogP contribution in [0.15, 0.2) is 47.6 Å². The number of nitrogens with zero attached hydrogens (tertiary/aromatic N) is 3. The number of halogens is 1. The summed E-state index contributed by atoms with van der Waals surface area (Å²) >= 11 is 0. The van der Waals surface area contributed by atoms with Gasteiger partial charge in [0.1, 0.15) is 18.2 Å². The maximum absolute atomic E-state index is 13.9. The molecule has 5 rings (SSSR count). The van der Waals surface area contributed by atoms with E-state index >= 15 is 0 Å². The molecule has 6 heteroatoms. The van der Waals surface area contributed by atoms with Crippen molar-refractivity contribution in [1.82, 2.24) is 4.90 Å². The summed E-state index contributed by atoms with van der Waals surface area (Å²) in [6, 6.07) is 12.8. The van der Waals surface area contributed by atoms with Crippen molar-refractivity contribution in [2.45, 2.75) is 51.5 Å². The van der Waals surface area contributed by atoms with Gasteiger partial charge in [-0.2, -0.15) is 5.10 Å². The Morgan fingerprint density at radius 2 is 1.91 bits per heavy atom. The standard InChI is InChI=1S/C26H30FN3O2/c1-18(29-13-3-2-4-14-29)17-32-23-11-9-22(10-12-23)30-25(31)15-20-6-5-19-7-8-21(27)16-24(19)26(20)28-30/h7-12,16,18,20H,2-6,13-15,17H2,1H3. The number of piperidine rings is 1. The zero-order valence-electron chi connectivity index (χ0n) is 18.6. The molecule has 0 bridgehead atoms. The van der Waals surface area contributed by atoms with Crippen molar-refractivity contribution in [1.29, 1.82) is 0 Å². The van der Waals surface area contributed by atoms with Gasteiger partial charge in [0.2, 0.25) is 5.91 Å². The van der Waals surface area contributed by atoms with Crippen LogP contribution in [-0.2, 0) is 11.2 Å². The van der Waals surface area contributed by atoms with E-state index in [-0.39, 0.29) is 17.6 Å². The number of hydrazone groups is 1. The number of anilines is 1. The van der Waals surface area contributed by atoms with Gasteiger partial charge in [0.25, 0.3) is 0 Å². The lowest BCUT2D eigenvalue weighted by Gasteiger charge is -2.33. The van der Waals surface area contributed by atoms with Crippen LogP contribution in [-0.4, -0.2) is 42.3 Å². The Morgan fingerprint density at radius 1 is 1.12 bits per heavy atom. The lowest BCUT2D eigenvalue weighted by atomic mass is 9.79. The highest BCUT2D eigenvalue weighted by Gasteiger charge is 2.34. The molecule has 1 saturated heterocycles. The average Bonchev–Trinajstić information content (AvgIpc) is 2.83. The molecule has 2 aromatic carbocycles. The molecule has 2 unspecified atom stereocenters. The molecule has 5 nitrogen and oxygen atoms in total. The second-order valence-electron chi connectivity index (χ2n) is 9.18. The number of amides is 1. The maximum Gasteiger partial charge on any atom is 0.248 e. The first-order valence-electron chi connectivity index (χ1n) is 11.8. The second-order valence-corrected chi connectivity index (χ2v) is 9.18. The molecule has 1 aliphatic carbocycles. The van der Waals surface area contributed by atoms with Crippen molar-refractivity contribution < 1.29 is 13.9 Å². The van der Waals surface area contributed by atoms with Crippen molar-refractivity contribution in [3.63, 3.8) is 0 Å². The van der Waals surface area contributed by atoms with E-state index in [4.69, 9.17) is 4.74 Å². The quantitative estimate of drug-likeness (QED) is 0.679. The van der Waals surface area contributed by atoms with Crippen LogP contribution in [0.25, 0.3) is 0 Å². The van der Waals surface area contributed by atoms with E-state index in [9.17, 15) is 9.18 Å². The molecular formula is C26H30FN3O2. The first kappa shape index (κ1) is 21.1. The Hall–Kier alpha value is -2.73. The van der Waals surface area contributed by atoms with Gasteiger partial charge in [-0.05, 0) is 87.7 Å². The Bertz CT molecular complexity index is 1010. The third kappa shape index (κ3) is 4.29. The molecule has 2 aromatic rings. The fourth-order valence-corrected chi connectivity index (χ4v) is 5.05. The van der Waals surface area contributed by atoms with Crippen LogP contribution in [0.5, 0.6) is 5.75 Å². The molecule has 1 fully saturated rings. The molecular weight excluding hydrogens is 405 g/mol. The van der Waals surface area contributed by atoms with Crippen LogP contribution in [0.2, 0.25) is 0 Å². The van der Waals surface area contributed by atoms with E-state index in [1.165, 1.54) is 30.3 Å². The average molecular weight is 436 g/mol. The fourth-order valence-electron chi connectivity index (χ4n) is 5.05. The van der Waals surface area contributed by atoms with E-state index in [0.29, 0.717) is 24.8 Å². The summed E-state index contributed by atoms with van der Waals surface area (Å²) in [5, 5.41) is 6.15. The van der Waals surface area contributed by atoms with Crippen LogP contribution in [0.1, 0.15) is 50.2 Å². The van der Waals surface area contributed by atoms with E-state index in [2.05, 4.69) is 16.9 Å². The van der Waals surface area contributed by atoms with Gasteiger partial charge in [-0.3, -0.25) is 9.69 Å². The monoisotopic (exact) mass is 435 g/mol. The molecule has 0 aromatic heterocycles. The van der Waals surface area contributed by atoms with Crippen LogP contribution in [0, 0.1) is 11.7 Å². The number of carbonyl (C=O) groups is 1. The van der Waals surface area contributed by atoms with Gasteiger partial charge in [-0.15, -0.1) is 0 Å². The third-order valence-electron chi connectivity index (χ3n) is 6.95. The maximum atomic E-state index is 13.9. The van der Waals surface area contributed by atoms with E-state index in [0.717, 1.165) is 48.5 Å². The van der Waals surface area contributed by atoms with E-state index in [1.807, 2.05) is 30.3 Å². The Kier molecular flexibility index (Phi) is 5.96. The highest BCUT2D eigenvalue weighted by molar-refractivity contribution is 6.11. The van der Waals surface area contributed by atoms with Gasteiger partial charge in [-0.25, -0.2) is 9.40 Å². The Labute approximate surface area is 188 Å². The highest BCUT2D eigenvalue weighted by Crippen LogP contribution is 2.34. The molecule has 32 heavy (non-hydrogen) atoms. The summed E-state index contributed by atoms with van der Waals surface area (Å²) in [7, 11) is 0. The molecule has 2 aliphatic heterocycles. The molecule has 2 heterocycles. The Morgan fingerprint density at radius 3 is 2.69 bits per heavy atom. The van der Waals surface area contributed by atoms with E-state index in [1.54, 1.807) is 6.07 Å². The molecule has 0 radical (unpaired) electrons. The normalized spacial score (nSPS) is 22.1. The molecule has 3 aliphatic rings. The predicted molar refractivity (Wildman–Crippen MR) is 124 cm³/mol. The number of benzene rings is 2. The van der Waals surface area contributed by atoms with Gasteiger partial charge >= 0.3 is 0 Å².